The van der Waals surface area contributed by atoms with Gasteiger partial charge in [-0.1, -0.05) is 23.7 Å². The van der Waals surface area contributed by atoms with Gasteiger partial charge < -0.3 is 5.32 Å². The number of aromatic nitrogens is 2. The average Bonchev–Trinajstić information content (AvgIpc) is 2.53. The van der Waals surface area contributed by atoms with E-state index in [4.69, 9.17) is 11.6 Å². The summed E-state index contributed by atoms with van der Waals surface area (Å²) in [5.74, 6) is -0.229. The Morgan fingerprint density at radius 1 is 0.957 bits per heavy atom. The maximum atomic E-state index is 12.1. The maximum absolute atomic E-state index is 12.1. The van der Waals surface area contributed by atoms with Crippen molar-refractivity contribution in [3.63, 3.8) is 0 Å². The van der Waals surface area contributed by atoms with Crippen LogP contribution in [-0.2, 0) is 11.2 Å². The van der Waals surface area contributed by atoms with Crippen molar-refractivity contribution in [3.05, 3.63) is 73.8 Å². The van der Waals surface area contributed by atoms with E-state index >= 15 is 0 Å². The van der Waals surface area contributed by atoms with E-state index in [-0.39, 0.29) is 23.1 Å². The Kier molecular flexibility index (Phi) is 3.99. The van der Waals surface area contributed by atoms with E-state index in [1.54, 1.807) is 30.3 Å². The van der Waals surface area contributed by atoms with Crippen LogP contribution >= 0.6 is 11.6 Å². The lowest BCUT2D eigenvalue weighted by Crippen LogP contribution is -2.19. The highest BCUT2D eigenvalue weighted by Crippen LogP contribution is 2.14. The van der Waals surface area contributed by atoms with Gasteiger partial charge in [-0.15, -0.1) is 0 Å². The van der Waals surface area contributed by atoms with Crippen LogP contribution in [0.4, 0.5) is 5.69 Å². The molecule has 0 bridgehead atoms. The van der Waals surface area contributed by atoms with Gasteiger partial charge in [-0.3, -0.25) is 24.6 Å². The first-order valence-corrected chi connectivity index (χ1v) is 7.20. The Bertz CT molecular complexity index is 990. The quantitative estimate of drug-likeness (QED) is 0.686. The summed E-state index contributed by atoms with van der Waals surface area (Å²) < 4.78 is 0. The van der Waals surface area contributed by atoms with Crippen molar-refractivity contribution in [3.8, 4) is 0 Å². The first kappa shape index (κ1) is 15.1. The first-order chi connectivity index (χ1) is 11.0. The molecule has 3 N–H and O–H groups in total. The third kappa shape index (κ3) is 3.32. The number of anilines is 1. The number of amides is 1. The van der Waals surface area contributed by atoms with Crippen molar-refractivity contribution in [1.29, 1.82) is 0 Å². The molecule has 0 spiro atoms. The molecular weight excluding hydrogens is 318 g/mol. The summed E-state index contributed by atoms with van der Waals surface area (Å²) in [6, 6.07) is 11.5. The van der Waals surface area contributed by atoms with Gasteiger partial charge in [-0.25, -0.2) is 0 Å². The van der Waals surface area contributed by atoms with Crippen molar-refractivity contribution >= 4 is 34.0 Å². The van der Waals surface area contributed by atoms with E-state index in [0.717, 1.165) is 5.56 Å². The number of carbonyl (C=O) groups excluding carboxylic acids is 1. The molecule has 0 aliphatic rings. The zero-order valence-corrected chi connectivity index (χ0v) is 12.6. The van der Waals surface area contributed by atoms with Crippen molar-refractivity contribution in [2.45, 2.75) is 6.42 Å². The van der Waals surface area contributed by atoms with Gasteiger partial charge in [-0.05, 0) is 35.9 Å². The standard InChI is InChI=1S/C16H12ClN3O3/c17-10-3-1-9(2-4-10)7-14(21)18-11-5-6-12-13(8-11)16(23)20-19-15(12)22/h1-6,8H,7H2,(H,18,21)(H,19,22)(H,20,23). The Morgan fingerprint density at radius 3 is 2.30 bits per heavy atom. The molecule has 0 aliphatic carbocycles. The third-order valence-corrected chi connectivity index (χ3v) is 3.61. The number of carbonyl (C=O) groups is 1. The Labute approximate surface area is 135 Å². The molecule has 3 aromatic rings. The number of benzene rings is 2. The molecule has 2 aromatic carbocycles. The predicted molar refractivity (Wildman–Crippen MR) is 89.0 cm³/mol. The Balaban J connectivity index is 1.82. The molecule has 3 rings (SSSR count). The van der Waals surface area contributed by atoms with Crippen molar-refractivity contribution in [2.24, 2.45) is 0 Å². The zero-order valence-electron chi connectivity index (χ0n) is 11.9. The lowest BCUT2D eigenvalue weighted by atomic mass is 10.1. The number of hydrogen-bond donors (Lipinski definition) is 3. The molecule has 7 heteroatoms. The fourth-order valence-electron chi connectivity index (χ4n) is 2.25. The number of rotatable bonds is 3. The van der Waals surface area contributed by atoms with Gasteiger partial charge in [0.25, 0.3) is 11.1 Å². The largest absolute Gasteiger partial charge is 0.326 e. The van der Waals surface area contributed by atoms with Crippen LogP contribution in [0, 0.1) is 0 Å². The van der Waals surface area contributed by atoms with Gasteiger partial charge in [0.2, 0.25) is 5.91 Å². The number of nitrogens with one attached hydrogen (secondary N) is 3. The van der Waals surface area contributed by atoms with Gasteiger partial charge in [-0.2, -0.15) is 0 Å². The number of halogens is 1. The van der Waals surface area contributed by atoms with E-state index in [2.05, 4.69) is 15.5 Å². The van der Waals surface area contributed by atoms with Gasteiger partial charge in [0.15, 0.2) is 0 Å². The fraction of sp³-hybridized carbons (Fsp3) is 0.0625. The average molecular weight is 330 g/mol. The molecule has 23 heavy (non-hydrogen) atoms. The first-order valence-electron chi connectivity index (χ1n) is 6.82. The van der Waals surface area contributed by atoms with Crippen LogP contribution in [0.3, 0.4) is 0 Å². The smallest absolute Gasteiger partial charge is 0.270 e. The molecule has 1 amide bonds. The van der Waals surface area contributed by atoms with Crippen molar-refractivity contribution < 1.29 is 4.79 Å². The normalized spacial score (nSPS) is 10.7. The van der Waals surface area contributed by atoms with Crippen LogP contribution in [0.25, 0.3) is 10.8 Å². The summed E-state index contributed by atoms with van der Waals surface area (Å²) >= 11 is 5.80. The summed E-state index contributed by atoms with van der Waals surface area (Å²) in [7, 11) is 0. The molecule has 1 heterocycles. The summed E-state index contributed by atoms with van der Waals surface area (Å²) in [6.07, 6.45) is 0.181. The highest BCUT2D eigenvalue weighted by molar-refractivity contribution is 6.30. The minimum Gasteiger partial charge on any atom is -0.326 e. The van der Waals surface area contributed by atoms with Gasteiger partial charge in [0.05, 0.1) is 17.2 Å². The second-order valence-corrected chi connectivity index (χ2v) is 5.46. The van der Waals surface area contributed by atoms with E-state index in [0.29, 0.717) is 10.7 Å². The van der Waals surface area contributed by atoms with Gasteiger partial charge in [0.1, 0.15) is 0 Å². The second kappa shape index (κ2) is 6.10. The fourth-order valence-corrected chi connectivity index (χ4v) is 2.37. The van der Waals surface area contributed by atoms with Crippen LogP contribution in [0.2, 0.25) is 5.02 Å². The minimum absolute atomic E-state index is 0.181. The molecule has 0 radical (unpaired) electrons. The van der Waals surface area contributed by atoms with Gasteiger partial charge in [0, 0.05) is 10.7 Å². The van der Waals surface area contributed by atoms with Crippen LogP contribution in [-0.4, -0.2) is 16.1 Å². The summed E-state index contributed by atoms with van der Waals surface area (Å²) in [5.41, 5.74) is 0.460. The zero-order chi connectivity index (χ0) is 16.4. The molecular formula is C16H12ClN3O3. The molecule has 0 aliphatic heterocycles. The Hall–Kier alpha value is -2.86. The van der Waals surface area contributed by atoms with Crippen molar-refractivity contribution in [2.75, 3.05) is 5.32 Å². The molecule has 0 saturated carbocycles. The second-order valence-electron chi connectivity index (χ2n) is 5.02. The van der Waals surface area contributed by atoms with Crippen LogP contribution in [0.15, 0.2) is 52.1 Å². The molecule has 116 valence electrons. The number of fused-ring (bicyclic) bond motifs is 1. The molecule has 0 fully saturated rings. The summed E-state index contributed by atoms with van der Waals surface area (Å²) in [5, 5.41) is 8.30. The van der Waals surface area contributed by atoms with Gasteiger partial charge >= 0.3 is 0 Å². The lowest BCUT2D eigenvalue weighted by molar-refractivity contribution is -0.115. The van der Waals surface area contributed by atoms with E-state index in [9.17, 15) is 14.4 Å². The maximum Gasteiger partial charge on any atom is 0.270 e. The minimum atomic E-state index is -0.423. The number of hydrogen-bond acceptors (Lipinski definition) is 3. The van der Waals surface area contributed by atoms with E-state index in [1.807, 2.05) is 0 Å². The molecule has 1 aromatic heterocycles. The molecule has 6 nitrogen and oxygen atoms in total. The van der Waals surface area contributed by atoms with Crippen LogP contribution in [0.1, 0.15) is 5.56 Å². The van der Waals surface area contributed by atoms with Crippen molar-refractivity contribution in [1.82, 2.24) is 10.2 Å². The monoisotopic (exact) mass is 329 g/mol. The molecule has 0 atom stereocenters. The molecule has 0 saturated heterocycles. The van der Waals surface area contributed by atoms with E-state index < -0.39 is 11.1 Å². The van der Waals surface area contributed by atoms with E-state index in [1.165, 1.54) is 12.1 Å². The Morgan fingerprint density at radius 2 is 1.61 bits per heavy atom. The van der Waals surface area contributed by atoms with Crippen LogP contribution < -0.4 is 16.4 Å². The third-order valence-electron chi connectivity index (χ3n) is 3.36. The summed E-state index contributed by atoms with van der Waals surface area (Å²) in [4.78, 5) is 35.4. The molecule has 0 unspecified atom stereocenters. The SMILES string of the molecule is O=C(Cc1ccc(Cl)cc1)Nc1ccc2c(=O)[nH][nH]c(=O)c2c1. The topological polar surface area (TPSA) is 94.8 Å². The summed E-state index contributed by atoms with van der Waals surface area (Å²) in [6.45, 7) is 0. The van der Waals surface area contributed by atoms with Crippen LogP contribution in [0.5, 0.6) is 0 Å². The predicted octanol–water partition coefficient (Wildman–Crippen LogP) is 2.05. The lowest BCUT2D eigenvalue weighted by Gasteiger charge is -2.06. The number of aromatic amines is 2. The highest BCUT2D eigenvalue weighted by Gasteiger charge is 2.07. The number of H-pyrrole nitrogens is 2. The highest BCUT2D eigenvalue weighted by atomic mass is 35.5.